The van der Waals surface area contributed by atoms with Crippen LogP contribution in [0.1, 0.15) is 87.6 Å². The summed E-state index contributed by atoms with van der Waals surface area (Å²) in [6, 6.07) is 2.96. The number of carbonyl (C=O) groups is 3. The molecule has 0 aliphatic heterocycles. The molecule has 13 nitrogen and oxygen atoms in total. The number of carbonyl (C=O) groups excluding carboxylic acids is 3. The number of aromatic hydroxyl groups is 1. The molecule has 0 spiro atoms. The van der Waals surface area contributed by atoms with Crippen LogP contribution >= 0.6 is 0 Å². The van der Waals surface area contributed by atoms with E-state index in [2.05, 4.69) is 27.8 Å². The molecule has 0 radical (unpaired) electrons. The maximum atomic E-state index is 13.3. The minimum absolute atomic E-state index is 0.0329. The predicted octanol–water partition coefficient (Wildman–Crippen LogP) is 3.42. The molecule has 1 aliphatic rings. The van der Waals surface area contributed by atoms with Crippen molar-refractivity contribution in [2.75, 3.05) is 13.1 Å². The fourth-order valence-corrected chi connectivity index (χ4v) is 6.63. The minimum Gasteiger partial charge on any atom is -0.504 e. The third kappa shape index (κ3) is 10.6. The summed E-state index contributed by atoms with van der Waals surface area (Å²) in [5, 5.41) is 33.3. The molecule has 6 N–H and O–H groups in total. The summed E-state index contributed by atoms with van der Waals surface area (Å²) in [6.45, 7) is 16.0. The second-order valence-corrected chi connectivity index (χ2v) is 14.2. The molecule has 2 amide bonds. The van der Waals surface area contributed by atoms with Gasteiger partial charge in [-0.25, -0.2) is 0 Å². The van der Waals surface area contributed by atoms with Crippen molar-refractivity contribution in [1.29, 1.82) is 0 Å². The summed E-state index contributed by atoms with van der Waals surface area (Å²) < 4.78 is 3.66. The van der Waals surface area contributed by atoms with Gasteiger partial charge in [0, 0.05) is 97.5 Å². The van der Waals surface area contributed by atoms with E-state index in [-0.39, 0.29) is 67.1 Å². The third-order valence-corrected chi connectivity index (χ3v) is 10.3. The van der Waals surface area contributed by atoms with Crippen LogP contribution < -0.4 is 32.1 Å². The van der Waals surface area contributed by atoms with Crippen LogP contribution in [0.3, 0.4) is 0 Å². The fourth-order valence-electron chi connectivity index (χ4n) is 6.63. The lowest BCUT2D eigenvalue weighted by molar-refractivity contribution is -0.121. The molecule has 3 rings (SSSR count). The second kappa shape index (κ2) is 18.0. The first kappa shape index (κ1) is 41.5. The SMILES string of the molecule is C=C(C)NC(CCCNCc1c(O)c(=O)cc(C)n1C)(CCC(=O)NCC1=C(O)C(=O)C=C(C)C1C)CCC(=O)NCc1c(C)c(=O)cc(C)n1C. The van der Waals surface area contributed by atoms with Gasteiger partial charge >= 0.3 is 0 Å². The molecule has 0 saturated carbocycles. The van der Waals surface area contributed by atoms with Gasteiger partial charge in [0.25, 0.3) is 0 Å². The highest BCUT2D eigenvalue weighted by Crippen LogP contribution is 2.29. The van der Waals surface area contributed by atoms with Gasteiger partial charge in [-0.05, 0) is 72.9 Å². The van der Waals surface area contributed by atoms with E-state index in [1.54, 1.807) is 31.5 Å². The Bertz CT molecular complexity index is 1890. The van der Waals surface area contributed by atoms with Crippen LogP contribution in [0.4, 0.5) is 0 Å². The fraction of sp³-hybridized carbons (Fsp3) is 0.513. The first-order valence-electron chi connectivity index (χ1n) is 17.7. The lowest BCUT2D eigenvalue weighted by Gasteiger charge is -2.36. The Kier molecular flexibility index (Phi) is 14.4. The standard InChI is InChI=1S/C39H56N6O7/c1-23(2)43-39(13-10-16-40-21-31-38(52)34(48)19-26(5)45(31)9,14-11-35(49)41-20-29-27(6)24(3)17-33(47)37(29)51)15-12-36(50)42-22-30-28(7)32(46)18-25(4)44(30)8/h17-19,27,40,43,51-52H,1,10-16,20-22H2,2-9H3,(H,41,49)(H,42,50). The number of allylic oxidation sites excluding steroid dienone is 3. The smallest absolute Gasteiger partial charge is 0.223 e. The van der Waals surface area contributed by atoms with Crippen LogP contribution in [0.15, 0.2) is 57.0 Å². The number of nitrogens with zero attached hydrogens (tertiary/aromatic N) is 2. The average Bonchev–Trinajstić information content (AvgIpc) is 3.08. The Labute approximate surface area is 305 Å². The second-order valence-electron chi connectivity index (χ2n) is 14.2. The Balaban J connectivity index is 1.74. The van der Waals surface area contributed by atoms with Gasteiger partial charge in [0.05, 0.1) is 12.2 Å². The van der Waals surface area contributed by atoms with E-state index in [9.17, 15) is 34.2 Å². The number of amides is 2. The first-order chi connectivity index (χ1) is 24.4. The van der Waals surface area contributed by atoms with Crippen molar-refractivity contribution < 1.29 is 24.6 Å². The van der Waals surface area contributed by atoms with Gasteiger partial charge < -0.3 is 40.6 Å². The third-order valence-electron chi connectivity index (χ3n) is 10.3. The van der Waals surface area contributed by atoms with Crippen molar-refractivity contribution in [3.63, 3.8) is 0 Å². The Morgan fingerprint density at radius 1 is 0.846 bits per heavy atom. The van der Waals surface area contributed by atoms with Crippen molar-refractivity contribution in [3.8, 4) is 5.75 Å². The largest absolute Gasteiger partial charge is 0.504 e. The highest BCUT2D eigenvalue weighted by atomic mass is 16.3. The summed E-state index contributed by atoms with van der Waals surface area (Å²) >= 11 is 0. The number of ketones is 1. The number of aryl methyl sites for hydroxylation is 2. The van der Waals surface area contributed by atoms with E-state index in [1.807, 2.05) is 39.3 Å². The van der Waals surface area contributed by atoms with E-state index in [0.29, 0.717) is 54.8 Å². The van der Waals surface area contributed by atoms with Gasteiger partial charge in [0.2, 0.25) is 23.0 Å². The molecule has 0 aromatic carbocycles. The van der Waals surface area contributed by atoms with Crippen molar-refractivity contribution in [2.24, 2.45) is 20.0 Å². The van der Waals surface area contributed by atoms with E-state index in [4.69, 9.17) is 0 Å². The molecule has 2 heterocycles. The Morgan fingerprint density at radius 2 is 1.40 bits per heavy atom. The first-order valence-corrected chi connectivity index (χ1v) is 17.7. The number of hydrogen-bond donors (Lipinski definition) is 6. The van der Waals surface area contributed by atoms with Crippen LogP contribution in [0.25, 0.3) is 0 Å². The summed E-state index contributed by atoms with van der Waals surface area (Å²) in [7, 11) is 3.64. The molecule has 2 atom stereocenters. The van der Waals surface area contributed by atoms with E-state index >= 15 is 0 Å². The lowest BCUT2D eigenvalue weighted by atomic mass is 9.83. The summed E-state index contributed by atoms with van der Waals surface area (Å²) in [4.78, 5) is 63.2. The van der Waals surface area contributed by atoms with Gasteiger partial charge in [0.15, 0.2) is 16.9 Å². The number of pyridine rings is 2. The van der Waals surface area contributed by atoms with Crippen LogP contribution in [0, 0.1) is 26.7 Å². The minimum atomic E-state index is -0.707. The van der Waals surface area contributed by atoms with Gasteiger partial charge in [0.1, 0.15) is 0 Å². The number of aromatic nitrogens is 2. The summed E-state index contributed by atoms with van der Waals surface area (Å²) in [5.74, 6) is -1.77. The molecule has 2 unspecified atom stereocenters. The molecule has 2 aromatic heterocycles. The molecule has 52 heavy (non-hydrogen) atoms. The zero-order valence-corrected chi connectivity index (χ0v) is 31.9. The molecule has 0 saturated heterocycles. The van der Waals surface area contributed by atoms with E-state index in [0.717, 1.165) is 22.7 Å². The molecule has 0 bridgehead atoms. The summed E-state index contributed by atoms with van der Waals surface area (Å²) in [6.07, 6.45) is 3.56. The zero-order chi connectivity index (χ0) is 38.9. The summed E-state index contributed by atoms with van der Waals surface area (Å²) in [5.41, 5.74) is 4.02. The van der Waals surface area contributed by atoms with Crippen LogP contribution in [-0.4, -0.2) is 55.6 Å². The van der Waals surface area contributed by atoms with Crippen molar-refractivity contribution in [1.82, 2.24) is 30.4 Å². The van der Waals surface area contributed by atoms with Gasteiger partial charge in [-0.15, -0.1) is 0 Å². The zero-order valence-electron chi connectivity index (χ0n) is 31.9. The molecular weight excluding hydrogens is 664 g/mol. The van der Waals surface area contributed by atoms with E-state index in [1.165, 1.54) is 12.1 Å². The number of aliphatic hydroxyl groups is 1. The number of hydrogen-bond acceptors (Lipinski definition) is 9. The molecule has 1 aliphatic carbocycles. The Morgan fingerprint density at radius 3 is 2.00 bits per heavy atom. The average molecular weight is 721 g/mol. The highest BCUT2D eigenvalue weighted by Gasteiger charge is 2.31. The van der Waals surface area contributed by atoms with E-state index < -0.39 is 16.8 Å². The lowest BCUT2D eigenvalue weighted by Crippen LogP contribution is -2.46. The maximum Gasteiger partial charge on any atom is 0.223 e. The molecule has 13 heteroatoms. The van der Waals surface area contributed by atoms with Crippen LogP contribution in [0.2, 0.25) is 0 Å². The molecule has 284 valence electrons. The number of rotatable bonds is 18. The van der Waals surface area contributed by atoms with Gasteiger partial charge in [-0.1, -0.05) is 19.1 Å². The highest BCUT2D eigenvalue weighted by molar-refractivity contribution is 6.04. The van der Waals surface area contributed by atoms with Crippen LogP contribution in [-0.2, 0) is 41.6 Å². The number of nitrogens with one attached hydrogen (secondary N) is 4. The molecule has 0 fully saturated rings. The number of aliphatic hydroxyl groups excluding tert-OH is 1. The maximum absolute atomic E-state index is 13.3. The molecule has 2 aromatic rings. The van der Waals surface area contributed by atoms with Crippen LogP contribution in [0.5, 0.6) is 5.75 Å². The van der Waals surface area contributed by atoms with Crippen molar-refractivity contribution in [3.05, 3.63) is 96.2 Å². The normalized spacial score (nSPS) is 15.6. The topological polar surface area (TPSA) is 184 Å². The predicted molar refractivity (Wildman–Crippen MR) is 202 cm³/mol. The van der Waals surface area contributed by atoms with Crippen molar-refractivity contribution >= 4 is 17.6 Å². The Hall–Kier alpha value is -4.91. The van der Waals surface area contributed by atoms with Gasteiger partial charge in [-0.2, -0.15) is 0 Å². The molecular formula is C39H56N6O7. The van der Waals surface area contributed by atoms with Gasteiger partial charge in [-0.3, -0.25) is 24.0 Å². The van der Waals surface area contributed by atoms with Crippen molar-refractivity contribution in [2.45, 2.75) is 98.7 Å². The monoisotopic (exact) mass is 720 g/mol. The quantitative estimate of drug-likeness (QED) is 0.126.